The Morgan fingerprint density at radius 3 is 3.06 bits per heavy atom. The SMILES string of the molecule is CSCc1ccc(C(=O)N2C[C@@H]3NC(=O)c4cccc(c4)OCCCn4cc(nn4)CO[C@H]3C2)o1. The number of rotatable bonds is 3. The molecule has 0 aliphatic carbocycles. The van der Waals surface area contributed by atoms with E-state index in [2.05, 4.69) is 15.6 Å². The fourth-order valence-corrected chi connectivity index (χ4v) is 4.66. The molecule has 0 spiro atoms. The summed E-state index contributed by atoms with van der Waals surface area (Å²) in [5.74, 6) is 1.88. The van der Waals surface area contributed by atoms with E-state index in [1.807, 2.05) is 24.6 Å². The number of carbonyl (C=O) groups excluding carboxylic acids is 2. The number of likely N-dealkylation sites (tertiary alicyclic amines) is 1. The first-order valence-electron chi connectivity index (χ1n) is 11.5. The Balaban J connectivity index is 1.36. The number of ether oxygens (including phenoxy) is 2. The number of nitrogens with one attached hydrogen (secondary N) is 1. The molecule has 0 radical (unpaired) electrons. The van der Waals surface area contributed by atoms with E-state index in [1.54, 1.807) is 45.6 Å². The van der Waals surface area contributed by atoms with E-state index in [1.165, 1.54) is 0 Å². The number of aromatic nitrogens is 3. The number of amides is 2. The number of aryl methyl sites for hydroxylation is 1. The van der Waals surface area contributed by atoms with Gasteiger partial charge >= 0.3 is 0 Å². The smallest absolute Gasteiger partial charge is 0.289 e. The molecule has 10 nitrogen and oxygen atoms in total. The fourth-order valence-electron chi connectivity index (χ4n) is 4.22. The van der Waals surface area contributed by atoms with E-state index in [0.717, 1.165) is 12.2 Å². The molecule has 184 valence electrons. The van der Waals surface area contributed by atoms with E-state index < -0.39 is 12.1 Å². The summed E-state index contributed by atoms with van der Waals surface area (Å²) in [7, 11) is 0. The van der Waals surface area contributed by atoms with Crippen LogP contribution in [0.3, 0.4) is 0 Å². The fraction of sp³-hybridized carbons (Fsp3) is 0.417. The maximum absolute atomic E-state index is 13.1. The quantitative estimate of drug-likeness (QED) is 0.587. The lowest BCUT2D eigenvalue weighted by Gasteiger charge is -2.20. The molecule has 1 saturated heterocycles. The zero-order valence-corrected chi connectivity index (χ0v) is 20.2. The number of hydrogen-bond acceptors (Lipinski definition) is 8. The van der Waals surface area contributed by atoms with Gasteiger partial charge in [0.25, 0.3) is 11.8 Å². The minimum Gasteiger partial charge on any atom is -0.494 e. The summed E-state index contributed by atoms with van der Waals surface area (Å²) in [6.07, 6.45) is 4.15. The van der Waals surface area contributed by atoms with Crippen molar-refractivity contribution in [2.24, 2.45) is 0 Å². The minimum absolute atomic E-state index is 0.226. The zero-order chi connectivity index (χ0) is 24.2. The maximum atomic E-state index is 13.1. The first-order chi connectivity index (χ1) is 17.1. The number of thioether (sulfide) groups is 1. The van der Waals surface area contributed by atoms with Crippen molar-refractivity contribution in [3.8, 4) is 5.75 Å². The van der Waals surface area contributed by atoms with Crippen LogP contribution in [-0.4, -0.2) is 69.8 Å². The van der Waals surface area contributed by atoms with Gasteiger partial charge in [-0.3, -0.25) is 14.3 Å². The second-order valence-electron chi connectivity index (χ2n) is 8.54. The van der Waals surface area contributed by atoms with Crippen LogP contribution in [0, 0.1) is 0 Å². The lowest BCUT2D eigenvalue weighted by molar-refractivity contribution is 0.0288. The van der Waals surface area contributed by atoms with Crippen molar-refractivity contribution in [2.45, 2.75) is 37.5 Å². The van der Waals surface area contributed by atoms with Gasteiger partial charge < -0.3 is 24.1 Å². The van der Waals surface area contributed by atoms with Crippen LogP contribution in [0.2, 0.25) is 0 Å². The average Bonchev–Trinajstić information content (AvgIpc) is 3.60. The molecule has 2 aromatic heterocycles. The third-order valence-electron chi connectivity index (χ3n) is 5.96. The summed E-state index contributed by atoms with van der Waals surface area (Å²) >= 11 is 1.62. The van der Waals surface area contributed by atoms with Crippen molar-refractivity contribution in [3.05, 3.63) is 65.4 Å². The van der Waals surface area contributed by atoms with Crippen molar-refractivity contribution in [2.75, 3.05) is 26.0 Å². The number of nitrogens with zero attached hydrogens (tertiary/aromatic N) is 4. The molecule has 35 heavy (non-hydrogen) atoms. The Hall–Kier alpha value is -3.31. The first-order valence-corrected chi connectivity index (χ1v) is 12.9. The second kappa shape index (κ2) is 10.5. The van der Waals surface area contributed by atoms with E-state index in [9.17, 15) is 9.59 Å². The van der Waals surface area contributed by atoms with Crippen molar-refractivity contribution < 1.29 is 23.5 Å². The Labute approximate surface area is 206 Å². The van der Waals surface area contributed by atoms with Gasteiger partial charge in [0.15, 0.2) is 5.76 Å². The molecular formula is C24H27N5O5S. The summed E-state index contributed by atoms with van der Waals surface area (Å²) in [6, 6.07) is 10.2. The molecule has 2 aliphatic rings. The third kappa shape index (κ3) is 5.51. The van der Waals surface area contributed by atoms with Crippen LogP contribution in [0.25, 0.3) is 0 Å². The average molecular weight is 498 g/mol. The highest BCUT2D eigenvalue weighted by molar-refractivity contribution is 7.97. The van der Waals surface area contributed by atoms with Gasteiger partial charge in [0.2, 0.25) is 0 Å². The number of fused-ring (bicyclic) bond motifs is 5. The molecular weight excluding hydrogens is 470 g/mol. The van der Waals surface area contributed by atoms with E-state index in [-0.39, 0.29) is 24.2 Å². The summed E-state index contributed by atoms with van der Waals surface area (Å²) in [5, 5.41) is 11.4. The lowest BCUT2D eigenvalue weighted by atomic mass is 10.1. The highest BCUT2D eigenvalue weighted by atomic mass is 32.2. The zero-order valence-electron chi connectivity index (χ0n) is 19.4. The Morgan fingerprint density at radius 2 is 2.17 bits per heavy atom. The molecule has 1 aromatic carbocycles. The molecule has 0 saturated carbocycles. The van der Waals surface area contributed by atoms with Gasteiger partial charge in [-0.1, -0.05) is 11.3 Å². The maximum Gasteiger partial charge on any atom is 0.289 e. The van der Waals surface area contributed by atoms with E-state index in [4.69, 9.17) is 13.9 Å². The second-order valence-corrected chi connectivity index (χ2v) is 9.41. The summed E-state index contributed by atoms with van der Waals surface area (Å²) in [4.78, 5) is 27.9. The number of benzene rings is 1. The Bertz CT molecular complexity index is 1190. The van der Waals surface area contributed by atoms with Gasteiger partial charge in [-0.25, -0.2) is 0 Å². The van der Waals surface area contributed by atoms with Gasteiger partial charge in [-0.15, -0.1) is 5.10 Å². The molecule has 11 heteroatoms. The predicted molar refractivity (Wildman–Crippen MR) is 128 cm³/mol. The van der Waals surface area contributed by atoms with Gasteiger partial charge in [-0.05, 0) is 36.6 Å². The lowest BCUT2D eigenvalue weighted by Crippen LogP contribution is -2.44. The standard InChI is InChI=1S/C24H27N5O5S/c1-35-15-19-6-7-21(34-19)24(31)28-12-20-22(13-28)33-14-17-11-29(27-26-17)8-3-9-32-18-5-2-4-16(10-18)23(30)25-20/h2,4-7,10-11,20,22H,3,8-9,12-15H2,1H3,(H,25,30)/t20-,22-/m0/s1. The number of carbonyl (C=O) groups is 2. The van der Waals surface area contributed by atoms with Gasteiger partial charge in [0, 0.05) is 31.6 Å². The van der Waals surface area contributed by atoms with Gasteiger partial charge in [0.05, 0.1) is 37.3 Å². The molecule has 2 atom stereocenters. The third-order valence-corrected chi connectivity index (χ3v) is 6.53. The largest absolute Gasteiger partial charge is 0.494 e. The molecule has 2 aliphatic heterocycles. The monoisotopic (exact) mass is 497 g/mol. The molecule has 5 rings (SSSR count). The topological polar surface area (TPSA) is 112 Å². The minimum atomic E-state index is -0.416. The van der Waals surface area contributed by atoms with Crippen LogP contribution in [0.1, 0.15) is 38.8 Å². The van der Waals surface area contributed by atoms with Gasteiger partial charge in [-0.2, -0.15) is 11.8 Å². The van der Waals surface area contributed by atoms with Crippen molar-refractivity contribution in [1.82, 2.24) is 25.2 Å². The Kier molecular flexibility index (Phi) is 7.05. The number of furan rings is 1. The summed E-state index contributed by atoms with van der Waals surface area (Å²) < 4.78 is 19.4. The van der Waals surface area contributed by atoms with Crippen LogP contribution in [0.5, 0.6) is 5.75 Å². The van der Waals surface area contributed by atoms with Crippen LogP contribution < -0.4 is 10.1 Å². The van der Waals surface area contributed by atoms with Crippen molar-refractivity contribution >= 4 is 23.6 Å². The van der Waals surface area contributed by atoms with Gasteiger partial charge in [0.1, 0.15) is 17.2 Å². The van der Waals surface area contributed by atoms with Crippen LogP contribution in [0.4, 0.5) is 0 Å². The van der Waals surface area contributed by atoms with E-state index >= 15 is 0 Å². The molecule has 0 unspecified atom stereocenters. The molecule has 1 fully saturated rings. The summed E-state index contributed by atoms with van der Waals surface area (Å²) in [6.45, 7) is 1.99. The van der Waals surface area contributed by atoms with Crippen LogP contribution in [-0.2, 0) is 23.6 Å². The number of hydrogen-bond donors (Lipinski definition) is 1. The van der Waals surface area contributed by atoms with Crippen molar-refractivity contribution in [1.29, 1.82) is 0 Å². The van der Waals surface area contributed by atoms with Crippen molar-refractivity contribution in [3.63, 3.8) is 0 Å². The molecule has 2 amide bonds. The van der Waals surface area contributed by atoms with Crippen LogP contribution >= 0.6 is 11.8 Å². The predicted octanol–water partition coefficient (Wildman–Crippen LogP) is 2.36. The molecule has 3 aromatic rings. The normalized spacial score (nSPS) is 20.7. The van der Waals surface area contributed by atoms with Crippen LogP contribution in [0.15, 0.2) is 47.0 Å². The molecule has 4 heterocycles. The highest BCUT2D eigenvalue weighted by Crippen LogP contribution is 2.22. The van der Waals surface area contributed by atoms with E-state index in [0.29, 0.717) is 49.0 Å². The first kappa shape index (κ1) is 23.4. The molecule has 4 bridgehead atoms. The Morgan fingerprint density at radius 1 is 1.26 bits per heavy atom. The highest BCUT2D eigenvalue weighted by Gasteiger charge is 2.38. The molecule has 1 N–H and O–H groups in total. The summed E-state index contributed by atoms with van der Waals surface area (Å²) in [5.41, 5.74) is 1.17.